The van der Waals surface area contributed by atoms with E-state index in [0.717, 1.165) is 22.0 Å². The molecule has 2 amide bonds. The molecule has 1 atom stereocenters. The van der Waals surface area contributed by atoms with E-state index in [4.69, 9.17) is 9.47 Å². The van der Waals surface area contributed by atoms with Crippen molar-refractivity contribution in [3.63, 3.8) is 0 Å². The molecule has 0 radical (unpaired) electrons. The number of carbonyl (C=O) groups excluding carboxylic acids is 1. The van der Waals surface area contributed by atoms with E-state index in [1.165, 1.54) is 0 Å². The third kappa shape index (κ3) is 4.97. The highest BCUT2D eigenvalue weighted by atomic mass is 16.6. The van der Waals surface area contributed by atoms with Gasteiger partial charge < -0.3 is 24.3 Å². The summed E-state index contributed by atoms with van der Waals surface area (Å²) in [5, 5.41) is 0.976. The summed E-state index contributed by atoms with van der Waals surface area (Å²) in [6.07, 6.45) is -0.188. The molecule has 1 aromatic heterocycles. The molecule has 29 heavy (non-hydrogen) atoms. The molecule has 7 nitrogen and oxygen atoms in total. The topological polar surface area (TPSA) is 74.9 Å². The van der Waals surface area contributed by atoms with Crippen molar-refractivity contribution in [2.45, 2.75) is 40.3 Å². The molecule has 0 bridgehead atoms. The first-order valence-electron chi connectivity index (χ1n) is 10.3. The number of hydrogen-bond donors (Lipinski definition) is 1. The molecule has 0 saturated carbocycles. The molecular formula is C22H31N3O4. The van der Waals surface area contributed by atoms with Gasteiger partial charge in [0.15, 0.2) is 0 Å². The zero-order valence-corrected chi connectivity index (χ0v) is 17.8. The molecule has 3 rings (SSSR count). The van der Waals surface area contributed by atoms with Crippen LogP contribution in [0.5, 0.6) is 0 Å². The fourth-order valence-electron chi connectivity index (χ4n) is 3.85. The zero-order valence-electron chi connectivity index (χ0n) is 17.8. The third-order valence-electron chi connectivity index (χ3n) is 5.34. The number of fused-ring (bicyclic) bond motifs is 1. The number of nitrogens with zero attached hydrogens (tertiary/aromatic N) is 2. The Morgan fingerprint density at radius 1 is 1.14 bits per heavy atom. The first kappa shape index (κ1) is 21.3. The Bertz CT molecular complexity index is 914. The number of urea groups is 1. The van der Waals surface area contributed by atoms with E-state index in [-0.39, 0.29) is 24.2 Å². The molecule has 158 valence electrons. The molecule has 1 saturated heterocycles. The second kappa shape index (κ2) is 9.41. The number of hydrogen-bond acceptors (Lipinski definition) is 4. The smallest absolute Gasteiger partial charge is 0.320 e. The summed E-state index contributed by atoms with van der Waals surface area (Å²) in [5.74, 6) is 0. The number of H-pyrrole nitrogens is 1. The van der Waals surface area contributed by atoms with E-state index >= 15 is 0 Å². The van der Waals surface area contributed by atoms with Crippen LogP contribution in [0.25, 0.3) is 10.9 Å². The molecule has 1 N–H and O–H groups in total. The minimum atomic E-state index is -0.188. The maximum absolute atomic E-state index is 13.1. The fraction of sp³-hybridized carbons (Fsp3) is 0.545. The fourth-order valence-corrected chi connectivity index (χ4v) is 3.85. The van der Waals surface area contributed by atoms with Crippen molar-refractivity contribution in [2.75, 3.05) is 39.5 Å². The van der Waals surface area contributed by atoms with Gasteiger partial charge in [0.2, 0.25) is 0 Å². The molecular weight excluding hydrogens is 370 g/mol. The van der Waals surface area contributed by atoms with Gasteiger partial charge in [0.1, 0.15) is 0 Å². The highest BCUT2D eigenvalue weighted by Crippen LogP contribution is 2.19. The van der Waals surface area contributed by atoms with Crippen molar-refractivity contribution < 1.29 is 14.3 Å². The van der Waals surface area contributed by atoms with Gasteiger partial charge >= 0.3 is 6.03 Å². The molecule has 1 fully saturated rings. The summed E-state index contributed by atoms with van der Waals surface area (Å²) in [5.41, 5.74) is 3.42. The van der Waals surface area contributed by atoms with Crippen LogP contribution in [0.1, 0.15) is 30.5 Å². The third-order valence-corrected chi connectivity index (χ3v) is 5.34. The standard InChI is InChI=1S/C22H31N3O4/c1-5-24(6-2)22(27)25(13-19-14-28-7-8-29-19)12-18-11-17-10-15(3)9-16(4)20(17)23-21(18)26/h9-11,19H,5-8,12-14H2,1-4H3,(H,23,26). The predicted molar refractivity (Wildman–Crippen MR) is 113 cm³/mol. The Labute approximate surface area is 171 Å². The van der Waals surface area contributed by atoms with E-state index in [1.807, 2.05) is 33.8 Å². The van der Waals surface area contributed by atoms with E-state index in [2.05, 4.69) is 17.1 Å². The summed E-state index contributed by atoms with van der Waals surface area (Å²) >= 11 is 0. The number of rotatable bonds is 6. The Morgan fingerprint density at radius 2 is 1.90 bits per heavy atom. The van der Waals surface area contributed by atoms with Crippen molar-refractivity contribution in [3.05, 3.63) is 45.2 Å². The average Bonchev–Trinajstić information content (AvgIpc) is 2.70. The number of carbonyl (C=O) groups is 1. The van der Waals surface area contributed by atoms with Gasteiger partial charge in [-0.15, -0.1) is 0 Å². The Hall–Kier alpha value is -2.38. The van der Waals surface area contributed by atoms with Crippen LogP contribution >= 0.6 is 0 Å². The molecule has 1 aromatic carbocycles. The molecule has 1 unspecified atom stereocenters. The molecule has 0 spiro atoms. The van der Waals surface area contributed by atoms with Crippen LogP contribution in [0.2, 0.25) is 0 Å². The van der Waals surface area contributed by atoms with Crippen molar-refractivity contribution in [3.8, 4) is 0 Å². The van der Waals surface area contributed by atoms with Crippen LogP contribution in [0.3, 0.4) is 0 Å². The minimum Gasteiger partial charge on any atom is -0.376 e. The van der Waals surface area contributed by atoms with E-state index in [0.29, 0.717) is 45.0 Å². The number of pyridine rings is 1. The maximum atomic E-state index is 13.1. The quantitative estimate of drug-likeness (QED) is 0.808. The molecule has 7 heteroatoms. The highest BCUT2D eigenvalue weighted by molar-refractivity contribution is 5.83. The first-order valence-corrected chi connectivity index (χ1v) is 10.3. The Balaban J connectivity index is 1.92. The van der Waals surface area contributed by atoms with Gasteiger partial charge in [-0.2, -0.15) is 0 Å². The van der Waals surface area contributed by atoms with Crippen LogP contribution in [0.15, 0.2) is 23.0 Å². The lowest BCUT2D eigenvalue weighted by molar-refractivity contribution is -0.0953. The number of nitrogens with one attached hydrogen (secondary N) is 1. The van der Waals surface area contributed by atoms with Crippen LogP contribution < -0.4 is 5.56 Å². The van der Waals surface area contributed by atoms with Gasteiger partial charge in [-0.3, -0.25) is 4.79 Å². The van der Waals surface area contributed by atoms with Gasteiger partial charge in [0, 0.05) is 18.7 Å². The molecule has 0 aliphatic carbocycles. The van der Waals surface area contributed by atoms with E-state index in [1.54, 1.807) is 9.80 Å². The lowest BCUT2D eigenvalue weighted by atomic mass is 10.1. The normalized spacial score (nSPS) is 16.8. The second-order valence-electron chi connectivity index (χ2n) is 7.57. The van der Waals surface area contributed by atoms with E-state index in [9.17, 15) is 9.59 Å². The summed E-state index contributed by atoms with van der Waals surface area (Å²) in [6, 6.07) is 5.91. The van der Waals surface area contributed by atoms with Crippen LogP contribution in [-0.2, 0) is 16.0 Å². The lowest BCUT2D eigenvalue weighted by Crippen LogP contribution is -2.48. The average molecular weight is 402 g/mol. The summed E-state index contributed by atoms with van der Waals surface area (Å²) in [7, 11) is 0. The number of benzene rings is 1. The SMILES string of the molecule is CCN(CC)C(=O)N(Cc1cc2cc(C)cc(C)c2[nH]c1=O)CC1COCCO1. The monoisotopic (exact) mass is 401 g/mol. The number of aryl methyl sites for hydroxylation is 2. The summed E-state index contributed by atoms with van der Waals surface area (Å²) < 4.78 is 11.2. The van der Waals surface area contributed by atoms with Crippen LogP contribution in [-0.4, -0.2) is 66.4 Å². The minimum absolute atomic E-state index is 0.0934. The lowest BCUT2D eigenvalue weighted by Gasteiger charge is -2.33. The van der Waals surface area contributed by atoms with Gasteiger partial charge in [0.25, 0.3) is 5.56 Å². The molecule has 2 heterocycles. The zero-order chi connectivity index (χ0) is 21.0. The second-order valence-corrected chi connectivity index (χ2v) is 7.57. The van der Waals surface area contributed by atoms with Gasteiger partial charge in [0.05, 0.1) is 44.5 Å². The largest absolute Gasteiger partial charge is 0.376 e. The number of ether oxygens (including phenoxy) is 2. The van der Waals surface area contributed by atoms with Crippen molar-refractivity contribution >= 4 is 16.9 Å². The molecule has 2 aromatic rings. The van der Waals surface area contributed by atoms with Gasteiger partial charge in [-0.1, -0.05) is 11.6 Å². The Kier molecular flexibility index (Phi) is 6.92. The number of amides is 2. The Morgan fingerprint density at radius 3 is 2.55 bits per heavy atom. The van der Waals surface area contributed by atoms with Gasteiger partial charge in [-0.25, -0.2) is 4.79 Å². The molecule has 1 aliphatic heterocycles. The molecule has 1 aliphatic rings. The highest BCUT2D eigenvalue weighted by Gasteiger charge is 2.25. The van der Waals surface area contributed by atoms with E-state index < -0.39 is 0 Å². The van der Waals surface area contributed by atoms with Crippen LogP contribution in [0, 0.1) is 13.8 Å². The van der Waals surface area contributed by atoms with Crippen molar-refractivity contribution in [1.82, 2.24) is 14.8 Å². The van der Waals surface area contributed by atoms with Crippen LogP contribution in [0.4, 0.5) is 4.79 Å². The summed E-state index contributed by atoms with van der Waals surface area (Å²) in [4.78, 5) is 32.3. The summed E-state index contributed by atoms with van der Waals surface area (Å²) in [6.45, 7) is 11.3. The number of aromatic amines is 1. The number of aromatic nitrogens is 1. The van der Waals surface area contributed by atoms with Crippen molar-refractivity contribution in [2.24, 2.45) is 0 Å². The predicted octanol–water partition coefficient (Wildman–Crippen LogP) is 2.82. The first-order chi connectivity index (χ1) is 13.9. The van der Waals surface area contributed by atoms with Crippen molar-refractivity contribution in [1.29, 1.82) is 0 Å². The maximum Gasteiger partial charge on any atom is 0.320 e. The van der Waals surface area contributed by atoms with Gasteiger partial charge in [-0.05, 0) is 50.8 Å².